The van der Waals surface area contributed by atoms with Crippen LogP contribution in [-0.2, 0) is 11.2 Å². The van der Waals surface area contributed by atoms with Crippen molar-refractivity contribution in [2.24, 2.45) is 0 Å². The summed E-state index contributed by atoms with van der Waals surface area (Å²) in [6, 6.07) is 6.66. The normalized spacial score (nSPS) is 16.7. The van der Waals surface area contributed by atoms with Crippen LogP contribution in [0.3, 0.4) is 0 Å². The highest BCUT2D eigenvalue weighted by molar-refractivity contribution is 7.15. The van der Waals surface area contributed by atoms with Gasteiger partial charge < -0.3 is 9.53 Å². The van der Waals surface area contributed by atoms with E-state index in [0.29, 0.717) is 19.1 Å². The molecular formula is C21H23N5O2S. The van der Waals surface area contributed by atoms with Gasteiger partial charge in [0.2, 0.25) is 0 Å². The van der Waals surface area contributed by atoms with Gasteiger partial charge in [-0.3, -0.25) is 4.90 Å². The van der Waals surface area contributed by atoms with Crippen molar-refractivity contribution in [2.45, 2.75) is 32.2 Å². The van der Waals surface area contributed by atoms with Gasteiger partial charge in [-0.05, 0) is 31.5 Å². The third-order valence-corrected chi connectivity index (χ3v) is 6.67. The maximum absolute atomic E-state index is 10.7. The summed E-state index contributed by atoms with van der Waals surface area (Å²) >= 11 is 1.68. The van der Waals surface area contributed by atoms with Gasteiger partial charge in [-0.2, -0.15) is 5.10 Å². The highest BCUT2D eigenvalue weighted by atomic mass is 32.1. The molecule has 7 nitrogen and oxygen atoms in total. The molecule has 0 spiro atoms. The predicted octanol–water partition coefficient (Wildman–Crippen LogP) is 3.18. The second kappa shape index (κ2) is 7.35. The van der Waals surface area contributed by atoms with Crippen LogP contribution in [0.15, 0.2) is 24.5 Å². The van der Waals surface area contributed by atoms with Gasteiger partial charge in [0.15, 0.2) is 10.8 Å². The average molecular weight is 410 g/mol. The number of ether oxygens (including phenoxy) is 1. The molecule has 1 fully saturated rings. The first-order valence-electron chi connectivity index (χ1n) is 9.96. The van der Waals surface area contributed by atoms with Gasteiger partial charge in [-0.25, -0.2) is 14.6 Å². The molecule has 8 heteroatoms. The Morgan fingerprint density at radius 3 is 3.00 bits per heavy atom. The Kier molecular flexibility index (Phi) is 4.67. The number of likely N-dealkylation sites (tertiary alicyclic amines) is 1. The SMILES string of the molecule is CC(C)n1ncnc1-c1nc2c(s1)CCOc1ccc(C3CN(CC=O)C3)cc1-2. The summed E-state index contributed by atoms with van der Waals surface area (Å²) in [6.07, 6.45) is 3.40. The summed E-state index contributed by atoms with van der Waals surface area (Å²) in [6.45, 7) is 7.20. The quantitative estimate of drug-likeness (QED) is 0.603. The fourth-order valence-electron chi connectivity index (χ4n) is 4.01. The monoisotopic (exact) mass is 409 g/mol. The highest BCUT2D eigenvalue weighted by Gasteiger charge is 2.29. The number of benzene rings is 1. The minimum absolute atomic E-state index is 0.228. The third-order valence-electron chi connectivity index (χ3n) is 5.56. The number of rotatable bonds is 5. The predicted molar refractivity (Wildman–Crippen MR) is 111 cm³/mol. The Balaban J connectivity index is 1.51. The van der Waals surface area contributed by atoms with E-state index in [9.17, 15) is 4.79 Å². The maximum Gasteiger partial charge on any atom is 0.187 e. The standard InChI is InChI=1S/C21H23N5O2S/c1-13(2)26-20(22-12-23-26)21-24-19-16-9-14(15-10-25(11-15)6-7-27)3-4-17(16)28-8-5-18(19)29-21/h3-4,7,9,12-13,15H,5-6,8,10-11H2,1-2H3. The van der Waals surface area contributed by atoms with Gasteiger partial charge in [0.1, 0.15) is 18.4 Å². The average Bonchev–Trinajstić information content (AvgIpc) is 3.29. The molecule has 29 heavy (non-hydrogen) atoms. The molecule has 4 heterocycles. The van der Waals surface area contributed by atoms with Crippen LogP contribution in [0.25, 0.3) is 22.1 Å². The zero-order valence-electron chi connectivity index (χ0n) is 16.5. The minimum atomic E-state index is 0.228. The molecule has 2 aliphatic heterocycles. The highest BCUT2D eigenvalue weighted by Crippen LogP contribution is 2.42. The molecular weight excluding hydrogens is 386 g/mol. The molecule has 0 atom stereocenters. The molecule has 2 aliphatic rings. The Bertz CT molecular complexity index is 1050. The molecule has 5 rings (SSSR count). The van der Waals surface area contributed by atoms with E-state index in [0.717, 1.165) is 53.6 Å². The Hall–Kier alpha value is -2.58. The number of thiazole rings is 1. The zero-order valence-corrected chi connectivity index (χ0v) is 17.4. The number of aromatic nitrogens is 4. The number of carbonyl (C=O) groups is 1. The van der Waals surface area contributed by atoms with E-state index >= 15 is 0 Å². The third kappa shape index (κ3) is 3.26. The second-order valence-corrected chi connectivity index (χ2v) is 8.93. The lowest BCUT2D eigenvalue weighted by Gasteiger charge is -2.38. The van der Waals surface area contributed by atoms with E-state index in [4.69, 9.17) is 9.72 Å². The Labute approximate surface area is 173 Å². The van der Waals surface area contributed by atoms with Crippen LogP contribution in [0.1, 0.15) is 36.2 Å². The lowest BCUT2D eigenvalue weighted by molar-refractivity contribution is -0.109. The molecule has 1 saturated heterocycles. The number of nitrogens with zero attached hydrogens (tertiary/aromatic N) is 5. The van der Waals surface area contributed by atoms with E-state index in [-0.39, 0.29) is 6.04 Å². The van der Waals surface area contributed by atoms with Crippen LogP contribution in [0, 0.1) is 0 Å². The molecule has 1 aromatic carbocycles. The first kappa shape index (κ1) is 18.4. The van der Waals surface area contributed by atoms with E-state index in [1.807, 2.05) is 4.68 Å². The number of fused-ring (bicyclic) bond motifs is 3. The molecule has 0 bridgehead atoms. The maximum atomic E-state index is 10.7. The molecule has 0 radical (unpaired) electrons. The van der Waals surface area contributed by atoms with Crippen molar-refractivity contribution < 1.29 is 9.53 Å². The number of carbonyl (C=O) groups excluding carboxylic acids is 1. The molecule has 0 aliphatic carbocycles. The van der Waals surface area contributed by atoms with E-state index < -0.39 is 0 Å². The summed E-state index contributed by atoms with van der Waals surface area (Å²) in [5, 5.41) is 5.26. The molecule has 0 amide bonds. The lowest BCUT2D eigenvalue weighted by Crippen LogP contribution is -2.45. The van der Waals surface area contributed by atoms with Gasteiger partial charge in [0.25, 0.3) is 0 Å². The van der Waals surface area contributed by atoms with Crippen molar-refractivity contribution in [3.05, 3.63) is 35.0 Å². The van der Waals surface area contributed by atoms with Crippen molar-refractivity contribution in [3.63, 3.8) is 0 Å². The topological polar surface area (TPSA) is 73.1 Å². The van der Waals surface area contributed by atoms with Crippen molar-refractivity contribution in [2.75, 3.05) is 26.2 Å². The smallest absolute Gasteiger partial charge is 0.187 e. The van der Waals surface area contributed by atoms with Crippen LogP contribution < -0.4 is 4.74 Å². The summed E-state index contributed by atoms with van der Waals surface area (Å²) in [7, 11) is 0. The first-order valence-corrected chi connectivity index (χ1v) is 10.8. The van der Waals surface area contributed by atoms with Gasteiger partial charge in [-0.1, -0.05) is 6.07 Å². The van der Waals surface area contributed by atoms with Crippen molar-refractivity contribution >= 4 is 17.6 Å². The van der Waals surface area contributed by atoms with Crippen molar-refractivity contribution in [1.29, 1.82) is 0 Å². The second-order valence-electron chi connectivity index (χ2n) is 7.85. The van der Waals surface area contributed by atoms with Crippen LogP contribution in [0.2, 0.25) is 0 Å². The molecule has 150 valence electrons. The number of aldehydes is 1. The van der Waals surface area contributed by atoms with Crippen LogP contribution in [-0.4, -0.2) is 57.2 Å². The number of hydrogen-bond donors (Lipinski definition) is 0. The van der Waals surface area contributed by atoms with Gasteiger partial charge >= 0.3 is 0 Å². The van der Waals surface area contributed by atoms with Gasteiger partial charge in [0, 0.05) is 41.9 Å². The molecule has 3 aromatic rings. The minimum Gasteiger partial charge on any atom is -0.493 e. The lowest BCUT2D eigenvalue weighted by atomic mass is 9.89. The summed E-state index contributed by atoms with van der Waals surface area (Å²) < 4.78 is 7.92. The largest absolute Gasteiger partial charge is 0.493 e. The summed E-state index contributed by atoms with van der Waals surface area (Å²) in [5.41, 5.74) is 3.34. The van der Waals surface area contributed by atoms with Crippen LogP contribution in [0.5, 0.6) is 5.75 Å². The first-order chi connectivity index (χ1) is 14.1. The van der Waals surface area contributed by atoms with E-state index in [1.165, 1.54) is 10.4 Å². The Morgan fingerprint density at radius 2 is 2.21 bits per heavy atom. The summed E-state index contributed by atoms with van der Waals surface area (Å²) in [5.74, 6) is 2.16. The van der Waals surface area contributed by atoms with Crippen LogP contribution >= 0.6 is 11.3 Å². The molecule has 2 aromatic heterocycles. The van der Waals surface area contributed by atoms with E-state index in [1.54, 1.807) is 17.7 Å². The van der Waals surface area contributed by atoms with Crippen molar-refractivity contribution in [1.82, 2.24) is 24.6 Å². The Morgan fingerprint density at radius 1 is 1.34 bits per heavy atom. The fraction of sp³-hybridized carbons (Fsp3) is 0.429. The van der Waals surface area contributed by atoms with Gasteiger partial charge in [0.05, 0.1) is 18.8 Å². The molecule has 0 unspecified atom stereocenters. The van der Waals surface area contributed by atoms with Crippen molar-refractivity contribution in [3.8, 4) is 27.8 Å². The fourth-order valence-corrected chi connectivity index (χ4v) is 5.06. The number of hydrogen-bond acceptors (Lipinski definition) is 7. The van der Waals surface area contributed by atoms with Crippen LogP contribution in [0.4, 0.5) is 0 Å². The van der Waals surface area contributed by atoms with E-state index in [2.05, 4.69) is 47.0 Å². The zero-order chi connectivity index (χ0) is 20.0. The molecule has 0 saturated carbocycles. The summed E-state index contributed by atoms with van der Waals surface area (Å²) in [4.78, 5) is 23.5. The van der Waals surface area contributed by atoms with Gasteiger partial charge in [-0.15, -0.1) is 11.3 Å². The molecule has 0 N–H and O–H groups in total.